The van der Waals surface area contributed by atoms with Gasteiger partial charge in [0.25, 0.3) is 5.01 Å². The fourth-order valence-electron chi connectivity index (χ4n) is 1.62. The number of aromatic hydroxyl groups is 2. The Morgan fingerprint density at radius 1 is 1.32 bits per heavy atom. The van der Waals surface area contributed by atoms with Crippen molar-refractivity contribution in [2.45, 2.75) is 20.4 Å². The van der Waals surface area contributed by atoms with E-state index in [1.807, 2.05) is 30.7 Å². The number of phenolic OH excluding ortho intramolecular Hbond substituents is 2. The van der Waals surface area contributed by atoms with Gasteiger partial charge in [0.05, 0.1) is 0 Å². The summed E-state index contributed by atoms with van der Waals surface area (Å²) >= 11 is 1.60. The molecule has 2 N–H and O–H groups in total. The van der Waals surface area contributed by atoms with Crippen molar-refractivity contribution in [2.75, 3.05) is 0 Å². The number of halogens is 1. The highest BCUT2D eigenvalue weighted by Crippen LogP contribution is 2.24. The lowest BCUT2D eigenvalue weighted by molar-refractivity contribution is -0.747. The molecule has 0 saturated carbocycles. The van der Waals surface area contributed by atoms with Crippen molar-refractivity contribution in [1.82, 2.24) is 5.10 Å². The molecule has 0 spiro atoms. The van der Waals surface area contributed by atoms with Crippen LogP contribution >= 0.6 is 11.3 Å². The van der Waals surface area contributed by atoms with E-state index < -0.39 is 0 Å². The van der Waals surface area contributed by atoms with E-state index in [4.69, 9.17) is 0 Å². The summed E-state index contributed by atoms with van der Waals surface area (Å²) in [5.74, 6) is 0.123. The number of hydrogen-bond donors (Lipinski definition) is 2. The van der Waals surface area contributed by atoms with Crippen molar-refractivity contribution in [1.29, 1.82) is 0 Å². The van der Waals surface area contributed by atoms with E-state index in [0.717, 1.165) is 16.6 Å². The Morgan fingerprint density at radius 3 is 2.68 bits per heavy atom. The van der Waals surface area contributed by atoms with Crippen molar-refractivity contribution in [3.8, 4) is 11.5 Å². The number of aryl methyl sites for hydroxylation is 2. The number of nitrogens with zero attached hydrogens (tertiary/aromatic N) is 2. The molecule has 0 amide bonds. The topological polar surface area (TPSA) is 57.2 Å². The average Bonchev–Trinajstić information content (AvgIpc) is 2.68. The lowest BCUT2D eigenvalue weighted by atomic mass is 10.2. The molecule has 19 heavy (non-hydrogen) atoms. The summed E-state index contributed by atoms with van der Waals surface area (Å²) in [7, 11) is 0. The predicted octanol–water partition coefficient (Wildman–Crippen LogP) is -0.655. The molecule has 2 rings (SSSR count). The van der Waals surface area contributed by atoms with Gasteiger partial charge in [0.2, 0.25) is 0 Å². The number of rotatable bonds is 3. The van der Waals surface area contributed by atoms with E-state index in [9.17, 15) is 10.2 Å². The lowest BCUT2D eigenvalue weighted by Crippen LogP contribution is -3.00. The van der Waals surface area contributed by atoms with E-state index in [1.165, 1.54) is 6.07 Å². The first kappa shape index (κ1) is 15.7. The van der Waals surface area contributed by atoms with Crippen LogP contribution in [-0.2, 0) is 6.54 Å². The predicted molar refractivity (Wildman–Crippen MR) is 71.4 cm³/mol. The van der Waals surface area contributed by atoms with Gasteiger partial charge in [-0.05, 0) is 43.4 Å². The van der Waals surface area contributed by atoms with Gasteiger partial charge in [0.1, 0.15) is 11.5 Å². The third kappa shape index (κ3) is 3.78. The van der Waals surface area contributed by atoms with Gasteiger partial charge in [-0.3, -0.25) is 0 Å². The molecule has 0 aliphatic rings. The number of benzene rings is 1. The standard InChI is InChI=1S/C13H14N2O2S.BrH/c1-3-15-13(18-9(2)14-15)7-5-10-4-6-11(16)8-12(10)17;/h4-8H,3H2,1-2H3,(H,16,17);1H. The van der Waals surface area contributed by atoms with E-state index in [1.54, 1.807) is 23.5 Å². The Kier molecular flexibility index (Phi) is 5.50. The molecule has 0 aliphatic heterocycles. The average molecular weight is 343 g/mol. The number of hydrogen-bond acceptors (Lipinski definition) is 4. The molecule has 1 aromatic heterocycles. The molecule has 1 aromatic carbocycles. The van der Waals surface area contributed by atoms with Crippen LogP contribution in [-0.4, -0.2) is 15.3 Å². The molecular formula is C13H15BrN2O2S. The summed E-state index contributed by atoms with van der Waals surface area (Å²) in [4.78, 5) is 0. The molecule has 2 aromatic rings. The van der Waals surface area contributed by atoms with Crippen LogP contribution in [0.4, 0.5) is 0 Å². The van der Waals surface area contributed by atoms with Crippen molar-refractivity contribution in [2.24, 2.45) is 0 Å². The fourth-order valence-corrected chi connectivity index (χ4v) is 2.48. The van der Waals surface area contributed by atoms with E-state index >= 15 is 0 Å². The molecule has 0 saturated heterocycles. The first-order chi connectivity index (χ1) is 8.60. The van der Waals surface area contributed by atoms with E-state index in [-0.39, 0.29) is 28.5 Å². The largest absolute Gasteiger partial charge is 1.00 e. The summed E-state index contributed by atoms with van der Waals surface area (Å²) in [6.07, 6.45) is 3.73. The van der Waals surface area contributed by atoms with Gasteiger partial charge in [-0.25, -0.2) is 0 Å². The van der Waals surface area contributed by atoms with Gasteiger partial charge in [0, 0.05) is 22.8 Å². The highest BCUT2D eigenvalue weighted by molar-refractivity contribution is 7.11. The zero-order chi connectivity index (χ0) is 13.1. The fraction of sp³-hybridized carbons (Fsp3) is 0.231. The van der Waals surface area contributed by atoms with Gasteiger partial charge in [-0.15, -0.1) is 0 Å². The lowest BCUT2D eigenvalue weighted by Gasteiger charge is -1.98. The molecule has 0 atom stereocenters. The molecule has 0 radical (unpaired) electrons. The second-order valence-corrected chi connectivity index (χ2v) is 5.06. The highest BCUT2D eigenvalue weighted by Gasteiger charge is 2.12. The molecule has 4 nitrogen and oxygen atoms in total. The molecule has 0 bridgehead atoms. The maximum absolute atomic E-state index is 9.67. The normalized spacial score (nSPS) is 10.6. The SMILES string of the molecule is CC[n+]1nc(C)sc1/C=C/c1ccc(O)cc1O.[Br-]. The number of phenols is 2. The molecule has 0 fully saturated rings. The maximum atomic E-state index is 9.67. The summed E-state index contributed by atoms with van der Waals surface area (Å²) in [6, 6.07) is 4.54. The Bertz CT molecular complexity index is 596. The maximum Gasteiger partial charge on any atom is 0.289 e. The van der Waals surface area contributed by atoms with Gasteiger partial charge < -0.3 is 27.2 Å². The molecular weight excluding hydrogens is 328 g/mol. The molecule has 6 heteroatoms. The Morgan fingerprint density at radius 2 is 2.05 bits per heavy atom. The smallest absolute Gasteiger partial charge is 0.289 e. The van der Waals surface area contributed by atoms with Crippen LogP contribution in [0.15, 0.2) is 18.2 Å². The first-order valence-electron chi connectivity index (χ1n) is 5.67. The minimum absolute atomic E-state index is 0. The van der Waals surface area contributed by atoms with Crippen LogP contribution in [0.1, 0.15) is 22.5 Å². The van der Waals surface area contributed by atoms with E-state index in [2.05, 4.69) is 5.10 Å². The van der Waals surface area contributed by atoms with Crippen LogP contribution in [0, 0.1) is 6.92 Å². The van der Waals surface area contributed by atoms with Crippen LogP contribution in [0.2, 0.25) is 0 Å². The monoisotopic (exact) mass is 342 g/mol. The Balaban J connectivity index is 0.00000180. The van der Waals surface area contributed by atoms with Crippen molar-refractivity contribution >= 4 is 23.5 Å². The van der Waals surface area contributed by atoms with Gasteiger partial charge in [-0.1, -0.05) is 4.68 Å². The van der Waals surface area contributed by atoms with Crippen molar-refractivity contribution < 1.29 is 31.9 Å². The van der Waals surface area contributed by atoms with Crippen molar-refractivity contribution in [3.63, 3.8) is 0 Å². The molecule has 102 valence electrons. The third-order valence-corrected chi connectivity index (χ3v) is 3.42. The molecule has 0 unspecified atom stereocenters. The zero-order valence-corrected chi connectivity index (χ0v) is 13.1. The second kappa shape index (κ2) is 6.68. The summed E-state index contributed by atoms with van der Waals surface area (Å²) in [5.41, 5.74) is 0.668. The van der Waals surface area contributed by atoms with Gasteiger partial charge >= 0.3 is 0 Å². The minimum Gasteiger partial charge on any atom is -1.00 e. The van der Waals surface area contributed by atoms with Crippen LogP contribution < -0.4 is 21.7 Å². The van der Waals surface area contributed by atoms with Crippen LogP contribution in [0.3, 0.4) is 0 Å². The summed E-state index contributed by atoms with van der Waals surface area (Å²) in [5, 5.41) is 25.3. The van der Waals surface area contributed by atoms with Crippen LogP contribution in [0.25, 0.3) is 12.2 Å². The Labute approximate surface area is 126 Å². The van der Waals surface area contributed by atoms with E-state index in [0.29, 0.717) is 5.56 Å². The van der Waals surface area contributed by atoms with Gasteiger partial charge in [-0.2, -0.15) is 0 Å². The summed E-state index contributed by atoms with van der Waals surface area (Å²) < 4.78 is 1.91. The third-order valence-electron chi connectivity index (χ3n) is 2.49. The van der Waals surface area contributed by atoms with Crippen molar-refractivity contribution in [3.05, 3.63) is 33.8 Å². The van der Waals surface area contributed by atoms with Gasteiger partial charge in [0.15, 0.2) is 11.6 Å². The summed E-state index contributed by atoms with van der Waals surface area (Å²) in [6.45, 7) is 4.81. The quantitative estimate of drug-likeness (QED) is 0.728. The minimum atomic E-state index is 0. The highest BCUT2D eigenvalue weighted by atomic mass is 79.9. The second-order valence-electron chi connectivity index (χ2n) is 3.85. The number of aromatic nitrogens is 2. The molecule has 1 heterocycles. The zero-order valence-electron chi connectivity index (χ0n) is 10.7. The van der Waals surface area contributed by atoms with Crippen LogP contribution in [0.5, 0.6) is 11.5 Å². The molecule has 0 aliphatic carbocycles. The first-order valence-corrected chi connectivity index (χ1v) is 6.49. The Hall–Kier alpha value is -1.40.